The maximum Gasteiger partial charge on any atom is 0.306 e. The van der Waals surface area contributed by atoms with Gasteiger partial charge in [0.1, 0.15) is 0 Å². The fourth-order valence-corrected chi connectivity index (χ4v) is 1.94. The van der Waals surface area contributed by atoms with Crippen molar-refractivity contribution in [2.24, 2.45) is 0 Å². The topological polar surface area (TPSA) is 38.3 Å². The lowest BCUT2D eigenvalue weighted by Crippen LogP contribution is -2.17. The van der Waals surface area contributed by atoms with Crippen LogP contribution in [0.1, 0.15) is 16.2 Å². The summed E-state index contributed by atoms with van der Waals surface area (Å²) in [7, 11) is 1.41. The van der Waals surface area contributed by atoms with E-state index in [2.05, 4.69) is 29.1 Å². The maximum absolute atomic E-state index is 10.8. The second kappa shape index (κ2) is 5.78. The number of carbonyl (C=O) groups excluding carboxylic acids is 1. The molecule has 1 aromatic rings. The lowest BCUT2D eigenvalue weighted by atomic mass is 10.4. The van der Waals surface area contributed by atoms with Crippen LogP contribution < -0.4 is 5.32 Å². The van der Waals surface area contributed by atoms with E-state index in [0.29, 0.717) is 13.0 Å². The zero-order chi connectivity index (χ0) is 10.4. The smallest absolute Gasteiger partial charge is 0.306 e. The Labute approximate surface area is 88.1 Å². The van der Waals surface area contributed by atoms with Crippen LogP contribution in [0, 0.1) is 6.92 Å². The molecule has 0 aromatic carbocycles. The zero-order valence-electron chi connectivity index (χ0n) is 8.50. The van der Waals surface area contributed by atoms with Crippen molar-refractivity contribution in [3.8, 4) is 0 Å². The standard InChI is InChI=1S/C10H15NO2S/c1-8-3-4-9(14-8)7-11-6-5-10(12)13-2/h3-4,11H,5-7H2,1-2H3. The first-order chi connectivity index (χ1) is 6.72. The molecule has 0 fully saturated rings. The Kier molecular flexibility index (Phi) is 4.62. The zero-order valence-corrected chi connectivity index (χ0v) is 9.32. The van der Waals surface area contributed by atoms with Crippen LogP contribution in [0.2, 0.25) is 0 Å². The number of carbonyl (C=O) groups is 1. The Hall–Kier alpha value is -0.870. The van der Waals surface area contributed by atoms with E-state index in [1.54, 1.807) is 11.3 Å². The maximum atomic E-state index is 10.8. The van der Waals surface area contributed by atoms with Gasteiger partial charge in [0.2, 0.25) is 0 Å². The predicted octanol–water partition coefficient (Wildman–Crippen LogP) is 1.71. The molecule has 1 rings (SSSR count). The van der Waals surface area contributed by atoms with Crippen molar-refractivity contribution in [3.63, 3.8) is 0 Å². The molecule has 4 heteroatoms. The SMILES string of the molecule is COC(=O)CCNCc1ccc(C)s1. The van der Waals surface area contributed by atoms with Crippen LogP contribution in [0.4, 0.5) is 0 Å². The number of esters is 1. The molecular weight excluding hydrogens is 198 g/mol. The summed E-state index contributed by atoms with van der Waals surface area (Å²) in [6.07, 6.45) is 0.431. The fourth-order valence-electron chi connectivity index (χ4n) is 1.08. The highest BCUT2D eigenvalue weighted by Crippen LogP contribution is 2.14. The Bertz CT molecular complexity index is 296. The van der Waals surface area contributed by atoms with Crippen LogP contribution in [0.25, 0.3) is 0 Å². The van der Waals surface area contributed by atoms with E-state index >= 15 is 0 Å². The van der Waals surface area contributed by atoms with Crippen molar-refractivity contribution in [1.29, 1.82) is 0 Å². The quantitative estimate of drug-likeness (QED) is 0.597. The Morgan fingerprint density at radius 3 is 2.93 bits per heavy atom. The molecule has 78 valence electrons. The second-order valence-corrected chi connectivity index (χ2v) is 4.39. The lowest BCUT2D eigenvalue weighted by Gasteiger charge is -2.01. The van der Waals surface area contributed by atoms with Gasteiger partial charge in [0.25, 0.3) is 0 Å². The van der Waals surface area contributed by atoms with E-state index in [-0.39, 0.29) is 5.97 Å². The lowest BCUT2D eigenvalue weighted by molar-refractivity contribution is -0.140. The summed E-state index contributed by atoms with van der Waals surface area (Å²) in [4.78, 5) is 13.4. The van der Waals surface area contributed by atoms with Crippen LogP contribution in [0.3, 0.4) is 0 Å². The molecule has 1 aromatic heterocycles. The second-order valence-electron chi connectivity index (χ2n) is 3.02. The summed E-state index contributed by atoms with van der Waals surface area (Å²) < 4.78 is 4.53. The van der Waals surface area contributed by atoms with Gasteiger partial charge in [-0.1, -0.05) is 0 Å². The van der Waals surface area contributed by atoms with Crippen molar-refractivity contribution in [2.75, 3.05) is 13.7 Å². The highest BCUT2D eigenvalue weighted by Gasteiger charge is 1.99. The average molecular weight is 213 g/mol. The number of hydrogen-bond acceptors (Lipinski definition) is 4. The summed E-state index contributed by atoms with van der Waals surface area (Å²) >= 11 is 1.77. The van der Waals surface area contributed by atoms with Gasteiger partial charge in [0, 0.05) is 22.8 Å². The number of ether oxygens (including phenoxy) is 1. The Morgan fingerprint density at radius 2 is 2.36 bits per heavy atom. The molecule has 1 N–H and O–H groups in total. The largest absolute Gasteiger partial charge is 0.469 e. The highest BCUT2D eigenvalue weighted by molar-refractivity contribution is 7.11. The van der Waals surface area contributed by atoms with Gasteiger partial charge in [0.15, 0.2) is 0 Å². The molecule has 0 radical (unpaired) electrons. The molecular formula is C10H15NO2S. The fraction of sp³-hybridized carbons (Fsp3) is 0.500. The normalized spacial score (nSPS) is 10.1. The number of thiophene rings is 1. The first kappa shape index (κ1) is 11.2. The van der Waals surface area contributed by atoms with Gasteiger partial charge in [-0.05, 0) is 19.1 Å². The molecule has 0 saturated carbocycles. The van der Waals surface area contributed by atoms with E-state index in [4.69, 9.17) is 0 Å². The van der Waals surface area contributed by atoms with Gasteiger partial charge >= 0.3 is 5.97 Å². The van der Waals surface area contributed by atoms with Crippen LogP contribution in [-0.4, -0.2) is 19.6 Å². The van der Waals surface area contributed by atoms with Crippen LogP contribution >= 0.6 is 11.3 Å². The third-order valence-corrected chi connectivity index (χ3v) is 2.83. The molecule has 0 amide bonds. The average Bonchev–Trinajstić information content (AvgIpc) is 2.58. The van der Waals surface area contributed by atoms with E-state index in [1.165, 1.54) is 16.9 Å². The molecule has 0 atom stereocenters. The van der Waals surface area contributed by atoms with Crippen LogP contribution in [-0.2, 0) is 16.1 Å². The van der Waals surface area contributed by atoms with E-state index in [0.717, 1.165) is 6.54 Å². The molecule has 0 bridgehead atoms. The van der Waals surface area contributed by atoms with E-state index < -0.39 is 0 Å². The summed E-state index contributed by atoms with van der Waals surface area (Å²) in [5.41, 5.74) is 0. The minimum atomic E-state index is -0.167. The molecule has 0 saturated heterocycles. The molecule has 0 spiro atoms. The summed E-state index contributed by atoms with van der Waals surface area (Å²) in [6, 6.07) is 4.20. The van der Waals surface area contributed by atoms with Gasteiger partial charge in [-0.25, -0.2) is 0 Å². The first-order valence-corrected chi connectivity index (χ1v) is 5.37. The molecule has 0 aliphatic carbocycles. The third-order valence-electron chi connectivity index (χ3n) is 1.83. The number of methoxy groups -OCH3 is 1. The van der Waals surface area contributed by atoms with Crippen molar-refractivity contribution in [2.45, 2.75) is 19.9 Å². The summed E-state index contributed by atoms with van der Waals surface area (Å²) in [6.45, 7) is 3.59. The van der Waals surface area contributed by atoms with Crippen molar-refractivity contribution >= 4 is 17.3 Å². The minimum Gasteiger partial charge on any atom is -0.469 e. The summed E-state index contributed by atoms with van der Waals surface area (Å²) in [5, 5.41) is 3.19. The molecule has 3 nitrogen and oxygen atoms in total. The van der Waals surface area contributed by atoms with Gasteiger partial charge in [-0.2, -0.15) is 0 Å². The highest BCUT2D eigenvalue weighted by atomic mass is 32.1. The number of aryl methyl sites for hydroxylation is 1. The van der Waals surface area contributed by atoms with Crippen molar-refractivity contribution < 1.29 is 9.53 Å². The van der Waals surface area contributed by atoms with Gasteiger partial charge < -0.3 is 10.1 Å². The van der Waals surface area contributed by atoms with E-state index in [9.17, 15) is 4.79 Å². The minimum absolute atomic E-state index is 0.167. The van der Waals surface area contributed by atoms with E-state index in [1.807, 2.05) is 0 Å². The summed E-state index contributed by atoms with van der Waals surface area (Å²) in [5.74, 6) is -0.167. The van der Waals surface area contributed by atoms with Gasteiger partial charge in [0.05, 0.1) is 13.5 Å². The number of hydrogen-bond donors (Lipinski definition) is 1. The predicted molar refractivity (Wildman–Crippen MR) is 57.4 cm³/mol. The number of nitrogens with one attached hydrogen (secondary N) is 1. The molecule has 1 heterocycles. The van der Waals surface area contributed by atoms with Gasteiger partial charge in [-0.3, -0.25) is 4.79 Å². The Morgan fingerprint density at radius 1 is 1.57 bits per heavy atom. The first-order valence-electron chi connectivity index (χ1n) is 4.55. The van der Waals surface area contributed by atoms with Gasteiger partial charge in [-0.15, -0.1) is 11.3 Å². The molecule has 0 unspecified atom stereocenters. The molecule has 0 aliphatic heterocycles. The van der Waals surface area contributed by atoms with Crippen molar-refractivity contribution in [3.05, 3.63) is 21.9 Å². The van der Waals surface area contributed by atoms with Crippen LogP contribution in [0.5, 0.6) is 0 Å². The van der Waals surface area contributed by atoms with Crippen molar-refractivity contribution in [1.82, 2.24) is 5.32 Å². The Balaban J connectivity index is 2.13. The monoisotopic (exact) mass is 213 g/mol. The molecule has 14 heavy (non-hydrogen) atoms. The molecule has 0 aliphatic rings. The third kappa shape index (κ3) is 3.89. The van der Waals surface area contributed by atoms with Crippen LogP contribution in [0.15, 0.2) is 12.1 Å². The number of rotatable bonds is 5.